The van der Waals surface area contributed by atoms with Gasteiger partial charge in [0.2, 0.25) is 5.91 Å². The maximum atomic E-state index is 12.7. The van der Waals surface area contributed by atoms with Crippen molar-refractivity contribution in [3.05, 3.63) is 78.8 Å². The molecule has 0 aliphatic carbocycles. The number of fused-ring (bicyclic) bond motifs is 1. The van der Waals surface area contributed by atoms with Gasteiger partial charge in [-0.15, -0.1) is 0 Å². The molecule has 1 amide bonds. The molecule has 1 aromatic heterocycles. The molecule has 1 heterocycles. The van der Waals surface area contributed by atoms with Crippen LogP contribution in [0.15, 0.2) is 47.5 Å². The molecule has 31 heavy (non-hydrogen) atoms. The van der Waals surface area contributed by atoms with Crippen LogP contribution >= 0.6 is 23.2 Å². The number of nitrogens with one attached hydrogen (secondary N) is 1. The summed E-state index contributed by atoms with van der Waals surface area (Å²) < 4.78 is 1.13. The van der Waals surface area contributed by atoms with E-state index in [1.807, 2.05) is 13.0 Å². The number of carbonyl (C=O) groups is 1. The quantitative estimate of drug-likeness (QED) is 0.396. The molecule has 1 N–H and O–H groups in total. The molecule has 0 saturated heterocycles. The molecule has 3 aromatic rings. The number of amides is 1. The average molecular weight is 463 g/mol. The predicted octanol–water partition coefficient (Wildman–Crippen LogP) is 4.31. The first-order valence-corrected chi connectivity index (χ1v) is 10.4. The minimum absolute atomic E-state index is 0.00665. The molecule has 0 spiro atoms. The Hall–Kier alpha value is -2.97. The number of hydrogen-bond acceptors (Lipinski definition) is 5. The molecule has 0 aliphatic rings. The summed E-state index contributed by atoms with van der Waals surface area (Å²) in [4.78, 5) is 39.7. The van der Waals surface area contributed by atoms with Crippen LogP contribution in [0.2, 0.25) is 10.0 Å². The summed E-state index contributed by atoms with van der Waals surface area (Å²) in [6.07, 6.45) is 2.96. The summed E-state index contributed by atoms with van der Waals surface area (Å²) in [5, 5.41) is 15.0. The lowest BCUT2D eigenvalue weighted by molar-refractivity contribution is -0.384. The predicted molar refractivity (Wildman–Crippen MR) is 120 cm³/mol. The zero-order chi connectivity index (χ0) is 22.5. The molecule has 0 fully saturated rings. The van der Waals surface area contributed by atoms with Crippen molar-refractivity contribution in [1.82, 2.24) is 14.9 Å². The van der Waals surface area contributed by atoms with E-state index in [9.17, 15) is 19.7 Å². The van der Waals surface area contributed by atoms with Gasteiger partial charge in [-0.3, -0.25) is 24.3 Å². The standard InChI is InChI=1S/C21H20Cl2N4O4/c1-2-3-13(16-6-4-14(22)8-18(16)23)10-24-20(28)11-26-12-25-19-7-5-15(27(30)31)9-17(19)21(26)29/h4-9,12-13H,2-3,10-11H2,1H3,(H,24,28)/t13-/m0/s1. The summed E-state index contributed by atoms with van der Waals surface area (Å²) in [5.74, 6) is -0.382. The Morgan fingerprint density at radius 1 is 1.26 bits per heavy atom. The number of hydrogen-bond donors (Lipinski definition) is 1. The summed E-state index contributed by atoms with van der Waals surface area (Å²) >= 11 is 12.3. The third-order valence-corrected chi connectivity index (χ3v) is 5.48. The fourth-order valence-corrected chi connectivity index (χ4v) is 3.93. The molecule has 10 heteroatoms. The van der Waals surface area contributed by atoms with Gasteiger partial charge in [-0.1, -0.05) is 42.6 Å². The Bertz CT molecular complexity index is 1200. The monoisotopic (exact) mass is 462 g/mol. The van der Waals surface area contributed by atoms with Gasteiger partial charge in [0.15, 0.2) is 0 Å². The highest BCUT2D eigenvalue weighted by atomic mass is 35.5. The van der Waals surface area contributed by atoms with E-state index >= 15 is 0 Å². The van der Waals surface area contributed by atoms with E-state index < -0.39 is 10.5 Å². The van der Waals surface area contributed by atoms with Crippen LogP contribution in [-0.4, -0.2) is 26.9 Å². The number of benzene rings is 2. The first kappa shape index (κ1) is 22.7. The zero-order valence-corrected chi connectivity index (χ0v) is 18.2. The van der Waals surface area contributed by atoms with Crippen molar-refractivity contribution in [2.24, 2.45) is 0 Å². The second-order valence-corrected chi connectivity index (χ2v) is 7.94. The number of non-ortho nitro benzene ring substituents is 1. The smallest absolute Gasteiger partial charge is 0.270 e. The van der Waals surface area contributed by atoms with E-state index in [-0.39, 0.29) is 29.4 Å². The van der Waals surface area contributed by atoms with Gasteiger partial charge < -0.3 is 5.32 Å². The second-order valence-electron chi connectivity index (χ2n) is 7.09. The molecule has 0 radical (unpaired) electrons. The Labute approximate surface area is 188 Å². The van der Waals surface area contributed by atoms with Crippen LogP contribution in [-0.2, 0) is 11.3 Å². The van der Waals surface area contributed by atoms with Crippen molar-refractivity contribution >= 4 is 45.7 Å². The second kappa shape index (κ2) is 9.89. The van der Waals surface area contributed by atoms with Crippen LogP contribution in [0.25, 0.3) is 10.9 Å². The zero-order valence-electron chi connectivity index (χ0n) is 16.7. The lowest BCUT2D eigenvalue weighted by atomic mass is 9.94. The van der Waals surface area contributed by atoms with Crippen molar-refractivity contribution < 1.29 is 9.72 Å². The molecule has 8 nitrogen and oxygen atoms in total. The maximum Gasteiger partial charge on any atom is 0.270 e. The fraction of sp³-hybridized carbons (Fsp3) is 0.286. The molecule has 1 atom stereocenters. The van der Waals surface area contributed by atoms with Crippen LogP contribution < -0.4 is 10.9 Å². The van der Waals surface area contributed by atoms with E-state index in [4.69, 9.17) is 23.2 Å². The van der Waals surface area contributed by atoms with Crippen molar-refractivity contribution in [2.75, 3.05) is 6.54 Å². The Balaban J connectivity index is 1.75. The molecule has 2 aromatic carbocycles. The van der Waals surface area contributed by atoms with E-state index in [0.29, 0.717) is 22.1 Å². The minimum Gasteiger partial charge on any atom is -0.354 e. The molecule has 0 unspecified atom stereocenters. The molecule has 3 rings (SSSR count). The maximum absolute atomic E-state index is 12.7. The largest absolute Gasteiger partial charge is 0.354 e. The van der Waals surface area contributed by atoms with Gasteiger partial charge >= 0.3 is 0 Å². The highest BCUT2D eigenvalue weighted by Gasteiger charge is 2.17. The van der Waals surface area contributed by atoms with E-state index in [2.05, 4.69) is 10.3 Å². The SMILES string of the molecule is CCC[C@@H](CNC(=O)Cn1cnc2ccc([N+](=O)[O-])cc2c1=O)c1ccc(Cl)cc1Cl. The van der Waals surface area contributed by atoms with E-state index in [0.717, 1.165) is 23.0 Å². The number of carbonyl (C=O) groups excluding carboxylic acids is 1. The molecule has 0 aliphatic heterocycles. The lowest BCUT2D eigenvalue weighted by Crippen LogP contribution is -2.34. The molecule has 162 valence electrons. The number of nitro benzene ring substituents is 1. The van der Waals surface area contributed by atoms with Crippen molar-refractivity contribution in [3.63, 3.8) is 0 Å². The number of halogens is 2. The lowest BCUT2D eigenvalue weighted by Gasteiger charge is -2.19. The average Bonchev–Trinajstić information content (AvgIpc) is 2.73. The van der Waals surface area contributed by atoms with Crippen LogP contribution in [0, 0.1) is 10.1 Å². The Morgan fingerprint density at radius 3 is 2.71 bits per heavy atom. The highest BCUT2D eigenvalue weighted by molar-refractivity contribution is 6.35. The normalized spacial score (nSPS) is 12.0. The summed E-state index contributed by atoms with van der Waals surface area (Å²) in [7, 11) is 0. The molecule has 0 bridgehead atoms. The van der Waals surface area contributed by atoms with Crippen LogP contribution in [0.3, 0.4) is 0 Å². The third-order valence-electron chi connectivity index (χ3n) is 4.92. The Morgan fingerprint density at radius 2 is 2.03 bits per heavy atom. The Kier molecular flexibility index (Phi) is 7.25. The van der Waals surface area contributed by atoms with Crippen LogP contribution in [0.5, 0.6) is 0 Å². The van der Waals surface area contributed by atoms with Gasteiger partial charge in [-0.2, -0.15) is 0 Å². The third kappa shape index (κ3) is 5.39. The first-order valence-electron chi connectivity index (χ1n) is 9.65. The number of rotatable bonds is 8. The summed E-state index contributed by atoms with van der Waals surface area (Å²) in [6, 6.07) is 9.13. The summed E-state index contributed by atoms with van der Waals surface area (Å²) in [6.45, 7) is 2.13. The highest BCUT2D eigenvalue weighted by Crippen LogP contribution is 2.30. The van der Waals surface area contributed by atoms with E-state index in [1.165, 1.54) is 24.5 Å². The molecular formula is C21H20Cl2N4O4. The van der Waals surface area contributed by atoms with Crippen molar-refractivity contribution in [3.8, 4) is 0 Å². The van der Waals surface area contributed by atoms with Crippen molar-refractivity contribution in [2.45, 2.75) is 32.2 Å². The van der Waals surface area contributed by atoms with Gasteiger partial charge in [-0.25, -0.2) is 4.98 Å². The number of nitro groups is 1. The van der Waals surface area contributed by atoms with Gasteiger partial charge in [0.25, 0.3) is 11.2 Å². The van der Waals surface area contributed by atoms with Gasteiger partial charge in [0.1, 0.15) is 6.54 Å². The molecule has 0 saturated carbocycles. The van der Waals surface area contributed by atoms with Crippen molar-refractivity contribution in [1.29, 1.82) is 0 Å². The fourth-order valence-electron chi connectivity index (χ4n) is 3.37. The topological polar surface area (TPSA) is 107 Å². The minimum atomic E-state index is -0.585. The first-order chi connectivity index (χ1) is 14.8. The molecular weight excluding hydrogens is 443 g/mol. The van der Waals surface area contributed by atoms with Gasteiger partial charge in [-0.05, 0) is 30.2 Å². The van der Waals surface area contributed by atoms with Gasteiger partial charge in [0, 0.05) is 34.6 Å². The van der Waals surface area contributed by atoms with E-state index in [1.54, 1.807) is 12.1 Å². The summed E-state index contributed by atoms with van der Waals surface area (Å²) in [5.41, 5.74) is 0.489. The van der Waals surface area contributed by atoms with Crippen LogP contribution in [0.4, 0.5) is 5.69 Å². The van der Waals surface area contributed by atoms with Crippen LogP contribution in [0.1, 0.15) is 31.2 Å². The van der Waals surface area contributed by atoms with Gasteiger partial charge in [0.05, 0.1) is 22.2 Å². The number of nitrogens with zero attached hydrogens (tertiary/aromatic N) is 3. The number of aromatic nitrogens is 2.